The van der Waals surface area contributed by atoms with Gasteiger partial charge in [0.2, 0.25) is 0 Å². The summed E-state index contributed by atoms with van der Waals surface area (Å²) in [6.07, 6.45) is 0. The van der Waals surface area contributed by atoms with Gasteiger partial charge in [0.25, 0.3) is 5.91 Å². The van der Waals surface area contributed by atoms with Crippen molar-refractivity contribution in [3.8, 4) is 11.8 Å². The van der Waals surface area contributed by atoms with E-state index in [0.717, 1.165) is 5.56 Å². The molecule has 0 saturated carbocycles. The van der Waals surface area contributed by atoms with Crippen molar-refractivity contribution < 1.29 is 9.90 Å². The largest absolute Gasteiger partial charge is 0.506 e. The third kappa shape index (κ3) is 4.69. The van der Waals surface area contributed by atoms with E-state index in [4.69, 9.17) is 46.4 Å². The second-order valence-corrected chi connectivity index (χ2v) is 8.61. The summed E-state index contributed by atoms with van der Waals surface area (Å²) in [5.74, 6) is -1.54. The van der Waals surface area contributed by atoms with Crippen molar-refractivity contribution >= 4 is 73.9 Å². The van der Waals surface area contributed by atoms with Crippen LogP contribution in [0.5, 0.6) is 5.75 Å². The number of anilines is 1. The Morgan fingerprint density at radius 2 is 1.70 bits per heavy atom. The van der Waals surface area contributed by atoms with Gasteiger partial charge < -0.3 is 10.4 Å². The summed E-state index contributed by atoms with van der Waals surface area (Å²) in [5, 5.41) is 23.5. The molecule has 0 heterocycles. The van der Waals surface area contributed by atoms with Crippen LogP contribution < -0.4 is 5.32 Å². The molecular formula is C21H11BrCl4N2O2. The normalized spacial score (nSPS) is 11.6. The second kappa shape index (κ2) is 9.47. The molecule has 0 radical (unpaired) electrons. The molecule has 1 unspecified atom stereocenters. The fourth-order valence-corrected chi connectivity index (χ4v) is 4.08. The van der Waals surface area contributed by atoms with Gasteiger partial charge in [0.05, 0.1) is 32.1 Å². The number of carbonyl (C=O) groups is 1. The van der Waals surface area contributed by atoms with Gasteiger partial charge in [-0.1, -0.05) is 64.6 Å². The first-order chi connectivity index (χ1) is 14.2. The number of halogens is 5. The molecule has 4 nitrogen and oxygen atoms in total. The molecule has 3 rings (SSSR count). The molecule has 0 spiro atoms. The number of aromatic hydroxyl groups is 1. The minimum Gasteiger partial charge on any atom is -0.506 e. The zero-order chi connectivity index (χ0) is 22.0. The molecule has 0 fully saturated rings. The summed E-state index contributed by atoms with van der Waals surface area (Å²) in [7, 11) is 0. The van der Waals surface area contributed by atoms with Gasteiger partial charge in [0.15, 0.2) is 0 Å². The Morgan fingerprint density at radius 1 is 1.03 bits per heavy atom. The van der Waals surface area contributed by atoms with Gasteiger partial charge in [-0.25, -0.2) is 0 Å². The van der Waals surface area contributed by atoms with Gasteiger partial charge in [-0.15, -0.1) is 0 Å². The lowest BCUT2D eigenvalue weighted by atomic mass is 9.92. The lowest BCUT2D eigenvalue weighted by Gasteiger charge is -2.14. The van der Waals surface area contributed by atoms with Crippen LogP contribution in [0.3, 0.4) is 0 Å². The fraction of sp³-hybridized carbons (Fsp3) is 0.0476. The van der Waals surface area contributed by atoms with Gasteiger partial charge >= 0.3 is 0 Å². The number of nitriles is 1. The number of hydrogen-bond acceptors (Lipinski definition) is 3. The maximum absolute atomic E-state index is 12.6. The van der Waals surface area contributed by atoms with E-state index in [1.165, 1.54) is 12.1 Å². The summed E-state index contributed by atoms with van der Waals surface area (Å²) in [5.41, 5.74) is 1.64. The Morgan fingerprint density at radius 3 is 2.30 bits per heavy atom. The molecule has 2 N–H and O–H groups in total. The summed E-state index contributed by atoms with van der Waals surface area (Å²) in [6, 6.07) is 15.2. The molecule has 0 bridgehead atoms. The summed E-state index contributed by atoms with van der Waals surface area (Å²) < 4.78 is 0.120. The average Bonchev–Trinajstić information content (AvgIpc) is 2.72. The Bertz CT molecular complexity index is 1180. The summed E-state index contributed by atoms with van der Waals surface area (Å²) in [4.78, 5) is 12.6. The molecule has 1 atom stereocenters. The van der Waals surface area contributed by atoms with E-state index in [2.05, 4.69) is 27.3 Å². The standard InChI is InChI=1S/C21H11BrCl4N2O2/c22-18-19(26)17(25)8-14(20(18)29)21(30)28-12-5-6-13(16(24)7-12)15(9-27)10-1-3-11(23)4-2-10/h1-8,15,29H,(H,28,30). The van der Waals surface area contributed by atoms with Gasteiger partial charge in [-0.3, -0.25) is 4.79 Å². The quantitative estimate of drug-likeness (QED) is 0.331. The van der Waals surface area contributed by atoms with Crippen molar-refractivity contribution in [3.05, 3.63) is 89.8 Å². The Hall–Kier alpha value is -1.94. The van der Waals surface area contributed by atoms with Crippen molar-refractivity contribution in [1.82, 2.24) is 0 Å². The van der Waals surface area contributed by atoms with E-state index in [1.807, 2.05) is 0 Å². The first kappa shape index (κ1) is 22.7. The number of phenolic OH excluding ortho intramolecular Hbond substituents is 1. The van der Waals surface area contributed by atoms with Crippen LogP contribution in [0.25, 0.3) is 0 Å². The molecular weight excluding hydrogens is 534 g/mol. The van der Waals surface area contributed by atoms with Gasteiger partial charge in [-0.05, 0) is 57.4 Å². The van der Waals surface area contributed by atoms with Crippen LogP contribution in [0, 0.1) is 11.3 Å². The smallest absolute Gasteiger partial charge is 0.259 e. The Labute approximate surface area is 201 Å². The van der Waals surface area contributed by atoms with Gasteiger partial charge in [-0.2, -0.15) is 5.26 Å². The molecule has 30 heavy (non-hydrogen) atoms. The predicted molar refractivity (Wildman–Crippen MR) is 124 cm³/mol. The van der Waals surface area contributed by atoms with Crippen molar-refractivity contribution in [2.75, 3.05) is 5.32 Å². The second-order valence-electron chi connectivity index (χ2n) is 6.19. The van der Waals surface area contributed by atoms with Crippen molar-refractivity contribution in [3.63, 3.8) is 0 Å². The molecule has 0 aliphatic carbocycles. The molecule has 0 aliphatic rings. The van der Waals surface area contributed by atoms with Gasteiger partial charge in [0.1, 0.15) is 5.75 Å². The fourth-order valence-electron chi connectivity index (χ4n) is 2.77. The van der Waals surface area contributed by atoms with Crippen LogP contribution in [0.4, 0.5) is 5.69 Å². The third-order valence-electron chi connectivity index (χ3n) is 4.28. The average molecular weight is 545 g/mol. The predicted octanol–water partition coefficient (Wildman–Crippen LogP) is 7.68. The van der Waals surface area contributed by atoms with E-state index in [0.29, 0.717) is 21.3 Å². The van der Waals surface area contributed by atoms with E-state index in [-0.39, 0.29) is 25.8 Å². The summed E-state index contributed by atoms with van der Waals surface area (Å²) >= 11 is 27.3. The number of rotatable bonds is 4. The van der Waals surface area contributed by atoms with E-state index in [9.17, 15) is 15.2 Å². The monoisotopic (exact) mass is 542 g/mol. The molecule has 0 aromatic heterocycles. The minimum absolute atomic E-state index is 0.0625. The molecule has 9 heteroatoms. The van der Waals surface area contributed by atoms with Crippen LogP contribution in [0.15, 0.2) is 53.0 Å². The maximum atomic E-state index is 12.6. The van der Waals surface area contributed by atoms with Crippen LogP contribution in [-0.2, 0) is 0 Å². The highest BCUT2D eigenvalue weighted by Crippen LogP contribution is 2.40. The third-order valence-corrected chi connectivity index (χ3v) is 6.65. The van der Waals surface area contributed by atoms with Crippen molar-refractivity contribution in [2.24, 2.45) is 0 Å². The molecule has 3 aromatic carbocycles. The molecule has 0 saturated heterocycles. The molecule has 3 aromatic rings. The zero-order valence-corrected chi connectivity index (χ0v) is 19.5. The van der Waals surface area contributed by atoms with Crippen LogP contribution in [0.2, 0.25) is 20.1 Å². The van der Waals surface area contributed by atoms with Crippen LogP contribution in [0.1, 0.15) is 27.4 Å². The van der Waals surface area contributed by atoms with Crippen molar-refractivity contribution in [1.29, 1.82) is 5.26 Å². The van der Waals surface area contributed by atoms with E-state index < -0.39 is 11.8 Å². The van der Waals surface area contributed by atoms with Crippen LogP contribution >= 0.6 is 62.3 Å². The topological polar surface area (TPSA) is 73.1 Å². The lowest BCUT2D eigenvalue weighted by Crippen LogP contribution is -2.13. The molecule has 152 valence electrons. The number of phenols is 1. The maximum Gasteiger partial charge on any atom is 0.259 e. The number of amides is 1. The highest BCUT2D eigenvalue weighted by molar-refractivity contribution is 9.10. The van der Waals surface area contributed by atoms with Gasteiger partial charge in [0, 0.05) is 15.7 Å². The van der Waals surface area contributed by atoms with E-state index >= 15 is 0 Å². The highest BCUT2D eigenvalue weighted by Gasteiger charge is 2.21. The number of hydrogen-bond donors (Lipinski definition) is 2. The Balaban J connectivity index is 1.88. The Kier molecular flexibility index (Phi) is 7.18. The SMILES string of the molecule is N#CC(c1ccc(Cl)cc1)c1ccc(NC(=O)c2cc(Cl)c(Cl)c(Br)c2O)cc1Cl. The molecule has 1 amide bonds. The first-order valence-corrected chi connectivity index (χ1v) is 10.7. The van der Waals surface area contributed by atoms with Crippen LogP contribution in [-0.4, -0.2) is 11.0 Å². The lowest BCUT2D eigenvalue weighted by molar-refractivity contribution is 0.102. The first-order valence-electron chi connectivity index (χ1n) is 8.35. The minimum atomic E-state index is -0.606. The number of nitrogens with one attached hydrogen (secondary N) is 1. The number of carbonyl (C=O) groups excluding carboxylic acids is 1. The summed E-state index contributed by atoms with van der Waals surface area (Å²) in [6.45, 7) is 0. The van der Waals surface area contributed by atoms with Crippen molar-refractivity contribution in [2.45, 2.75) is 5.92 Å². The zero-order valence-electron chi connectivity index (χ0n) is 14.9. The number of nitrogens with zero attached hydrogens (tertiary/aromatic N) is 1. The van der Waals surface area contributed by atoms with E-state index in [1.54, 1.807) is 36.4 Å². The molecule has 0 aliphatic heterocycles. The number of benzene rings is 3. The highest BCUT2D eigenvalue weighted by atomic mass is 79.9.